The molecule has 0 amide bonds. The molecule has 1 unspecified atom stereocenters. The van der Waals surface area contributed by atoms with Crippen LogP contribution in [0, 0.1) is 6.92 Å². The van der Waals surface area contributed by atoms with E-state index in [1.807, 2.05) is 19.9 Å². The Labute approximate surface area is 108 Å². The lowest BCUT2D eigenvalue weighted by Gasteiger charge is -2.20. The van der Waals surface area contributed by atoms with E-state index in [0.29, 0.717) is 17.9 Å². The fraction of sp³-hybridized carbons (Fsp3) is 0.500. The number of carbonyl (C=O) groups is 1. The largest absolute Gasteiger partial charge is 0.496 e. The van der Waals surface area contributed by atoms with Crippen molar-refractivity contribution in [2.45, 2.75) is 26.2 Å². The molecule has 0 saturated heterocycles. The van der Waals surface area contributed by atoms with Gasteiger partial charge < -0.3 is 19.0 Å². The molecule has 0 fully saturated rings. The highest BCUT2D eigenvalue weighted by atomic mass is 16.5. The summed E-state index contributed by atoms with van der Waals surface area (Å²) in [6.07, 6.45) is 1.34. The lowest BCUT2D eigenvalue weighted by Crippen LogP contribution is -2.04. The second-order valence-electron chi connectivity index (χ2n) is 4.16. The number of methoxy groups -OCH3 is 3. The summed E-state index contributed by atoms with van der Waals surface area (Å²) >= 11 is 0. The van der Waals surface area contributed by atoms with Gasteiger partial charge in [-0.3, -0.25) is 0 Å². The number of hydrogen-bond acceptors (Lipinski definition) is 4. The van der Waals surface area contributed by atoms with E-state index in [4.69, 9.17) is 14.2 Å². The number of aldehydes is 1. The minimum Gasteiger partial charge on any atom is -0.496 e. The van der Waals surface area contributed by atoms with Crippen molar-refractivity contribution in [2.75, 3.05) is 21.3 Å². The van der Waals surface area contributed by atoms with Gasteiger partial charge >= 0.3 is 0 Å². The molecular weight excluding hydrogens is 232 g/mol. The summed E-state index contributed by atoms with van der Waals surface area (Å²) in [5.41, 5.74) is 1.81. The van der Waals surface area contributed by atoms with E-state index in [9.17, 15) is 4.79 Å². The summed E-state index contributed by atoms with van der Waals surface area (Å²) in [7, 11) is 4.81. The summed E-state index contributed by atoms with van der Waals surface area (Å²) in [5.74, 6) is 2.12. The molecule has 1 rings (SSSR count). The van der Waals surface area contributed by atoms with Gasteiger partial charge in [-0.1, -0.05) is 6.92 Å². The van der Waals surface area contributed by atoms with E-state index in [1.54, 1.807) is 21.3 Å². The minimum absolute atomic E-state index is 0.0563. The first-order chi connectivity index (χ1) is 8.60. The summed E-state index contributed by atoms with van der Waals surface area (Å²) in [6.45, 7) is 3.88. The van der Waals surface area contributed by atoms with E-state index >= 15 is 0 Å². The van der Waals surface area contributed by atoms with E-state index in [1.165, 1.54) is 0 Å². The highest BCUT2D eigenvalue weighted by Crippen LogP contribution is 2.43. The lowest BCUT2D eigenvalue weighted by molar-refractivity contribution is -0.108. The normalized spacial score (nSPS) is 11.8. The van der Waals surface area contributed by atoms with Gasteiger partial charge in [0.1, 0.15) is 12.0 Å². The Bertz CT molecular complexity index is 426. The number of ether oxygens (including phenoxy) is 3. The van der Waals surface area contributed by atoms with Crippen molar-refractivity contribution in [3.05, 3.63) is 17.2 Å². The van der Waals surface area contributed by atoms with E-state index in [2.05, 4.69) is 0 Å². The Morgan fingerprint density at radius 3 is 2.22 bits per heavy atom. The molecule has 0 radical (unpaired) electrons. The molecule has 0 aliphatic carbocycles. The van der Waals surface area contributed by atoms with Gasteiger partial charge in [0, 0.05) is 17.5 Å². The topological polar surface area (TPSA) is 44.8 Å². The quantitative estimate of drug-likeness (QED) is 0.730. The average molecular weight is 252 g/mol. The predicted molar refractivity (Wildman–Crippen MR) is 69.9 cm³/mol. The second kappa shape index (κ2) is 6.28. The highest BCUT2D eigenvalue weighted by Gasteiger charge is 2.21. The minimum atomic E-state index is 0.0563. The Balaban J connectivity index is 3.43. The number of carbonyl (C=O) groups excluding carboxylic acids is 1. The van der Waals surface area contributed by atoms with Crippen LogP contribution in [0.2, 0.25) is 0 Å². The fourth-order valence-corrected chi connectivity index (χ4v) is 2.03. The molecule has 0 N–H and O–H groups in total. The molecule has 0 aliphatic rings. The second-order valence-corrected chi connectivity index (χ2v) is 4.16. The molecule has 0 bridgehead atoms. The number of rotatable bonds is 6. The zero-order valence-electron chi connectivity index (χ0n) is 11.6. The Hall–Kier alpha value is -1.71. The van der Waals surface area contributed by atoms with Gasteiger partial charge in [-0.2, -0.15) is 0 Å². The Morgan fingerprint density at radius 1 is 1.17 bits per heavy atom. The maximum atomic E-state index is 10.7. The molecule has 18 heavy (non-hydrogen) atoms. The molecule has 4 heteroatoms. The van der Waals surface area contributed by atoms with Crippen molar-refractivity contribution in [3.63, 3.8) is 0 Å². The standard InChI is InChI=1S/C14H20O4/c1-9(6-7-15)11-8-12(16-3)10(2)13(17-4)14(11)18-5/h7-9H,6H2,1-5H3. The molecule has 1 atom stereocenters. The number of benzene rings is 1. The van der Waals surface area contributed by atoms with Gasteiger partial charge in [0.2, 0.25) is 0 Å². The number of hydrogen-bond donors (Lipinski definition) is 0. The van der Waals surface area contributed by atoms with Crippen LogP contribution in [-0.4, -0.2) is 27.6 Å². The van der Waals surface area contributed by atoms with E-state index in [0.717, 1.165) is 23.2 Å². The van der Waals surface area contributed by atoms with Crippen LogP contribution in [0.25, 0.3) is 0 Å². The summed E-state index contributed by atoms with van der Waals surface area (Å²) in [6, 6.07) is 1.91. The Morgan fingerprint density at radius 2 is 1.78 bits per heavy atom. The van der Waals surface area contributed by atoms with Gasteiger partial charge in [0.25, 0.3) is 0 Å². The maximum absolute atomic E-state index is 10.7. The van der Waals surface area contributed by atoms with Crippen molar-refractivity contribution < 1.29 is 19.0 Å². The molecule has 4 nitrogen and oxygen atoms in total. The van der Waals surface area contributed by atoms with Crippen LogP contribution in [0.5, 0.6) is 17.2 Å². The molecular formula is C14H20O4. The highest BCUT2D eigenvalue weighted by molar-refractivity contribution is 5.60. The van der Waals surface area contributed by atoms with Crippen LogP contribution in [0.4, 0.5) is 0 Å². The van der Waals surface area contributed by atoms with Crippen LogP contribution in [-0.2, 0) is 4.79 Å². The molecule has 0 aromatic heterocycles. The van der Waals surface area contributed by atoms with Crippen LogP contribution in [0.3, 0.4) is 0 Å². The smallest absolute Gasteiger partial charge is 0.167 e. The monoisotopic (exact) mass is 252 g/mol. The Kier molecular flexibility index (Phi) is 5.01. The SMILES string of the molecule is COc1cc(C(C)CC=O)c(OC)c(OC)c1C. The van der Waals surface area contributed by atoms with Gasteiger partial charge in [0.05, 0.1) is 21.3 Å². The van der Waals surface area contributed by atoms with Gasteiger partial charge in [-0.15, -0.1) is 0 Å². The van der Waals surface area contributed by atoms with Gasteiger partial charge in [-0.05, 0) is 18.9 Å². The van der Waals surface area contributed by atoms with Gasteiger partial charge in [0.15, 0.2) is 11.5 Å². The first-order valence-corrected chi connectivity index (χ1v) is 5.83. The average Bonchev–Trinajstić information content (AvgIpc) is 2.38. The molecule has 1 aromatic rings. The maximum Gasteiger partial charge on any atom is 0.167 e. The van der Waals surface area contributed by atoms with Crippen LogP contribution in [0.15, 0.2) is 6.07 Å². The van der Waals surface area contributed by atoms with Crippen molar-refractivity contribution in [2.24, 2.45) is 0 Å². The van der Waals surface area contributed by atoms with Crippen molar-refractivity contribution in [1.82, 2.24) is 0 Å². The molecule has 0 saturated carbocycles. The lowest BCUT2D eigenvalue weighted by atomic mass is 9.95. The molecule has 100 valence electrons. The fourth-order valence-electron chi connectivity index (χ4n) is 2.03. The van der Waals surface area contributed by atoms with Gasteiger partial charge in [-0.25, -0.2) is 0 Å². The molecule has 0 spiro atoms. The predicted octanol–water partition coefficient (Wildman–Crippen LogP) is 2.71. The molecule has 0 heterocycles. The summed E-state index contributed by atoms with van der Waals surface area (Å²) in [4.78, 5) is 10.7. The van der Waals surface area contributed by atoms with Crippen LogP contribution < -0.4 is 14.2 Å². The third-order valence-electron chi connectivity index (χ3n) is 3.07. The third-order valence-corrected chi connectivity index (χ3v) is 3.07. The first kappa shape index (κ1) is 14.4. The summed E-state index contributed by atoms with van der Waals surface area (Å²) < 4.78 is 16.1. The van der Waals surface area contributed by atoms with E-state index in [-0.39, 0.29) is 5.92 Å². The summed E-state index contributed by atoms with van der Waals surface area (Å²) in [5, 5.41) is 0. The van der Waals surface area contributed by atoms with Crippen LogP contribution in [0.1, 0.15) is 30.4 Å². The van der Waals surface area contributed by atoms with Crippen molar-refractivity contribution >= 4 is 6.29 Å². The molecule has 1 aromatic carbocycles. The van der Waals surface area contributed by atoms with Crippen molar-refractivity contribution in [3.8, 4) is 17.2 Å². The molecule has 0 aliphatic heterocycles. The van der Waals surface area contributed by atoms with Crippen LogP contribution >= 0.6 is 0 Å². The first-order valence-electron chi connectivity index (χ1n) is 5.83. The zero-order chi connectivity index (χ0) is 13.7. The zero-order valence-corrected chi connectivity index (χ0v) is 11.6. The van der Waals surface area contributed by atoms with Crippen molar-refractivity contribution in [1.29, 1.82) is 0 Å². The third kappa shape index (κ3) is 2.58. The van der Waals surface area contributed by atoms with E-state index < -0.39 is 0 Å².